The van der Waals surface area contributed by atoms with E-state index < -0.39 is 35.2 Å². The minimum absolute atomic E-state index is 0.244. The topological polar surface area (TPSA) is 82.1 Å². The van der Waals surface area contributed by atoms with Crippen molar-refractivity contribution in [2.75, 3.05) is 7.11 Å². The molecule has 0 saturated heterocycles. The van der Waals surface area contributed by atoms with Gasteiger partial charge in [-0.2, -0.15) is 13.2 Å². The molecule has 2 aromatic rings. The highest BCUT2D eigenvalue weighted by Crippen LogP contribution is 2.44. The number of phenolic OH excluding ortho intramolecular Hbond substituents is 1. The van der Waals surface area contributed by atoms with Crippen LogP contribution in [0.25, 0.3) is 0 Å². The zero-order chi connectivity index (χ0) is 34.3. The Hall–Kier alpha value is -3.85. The molecule has 3 atom stereocenters. The summed E-state index contributed by atoms with van der Waals surface area (Å²) in [6.45, 7) is 10.9. The second kappa shape index (κ2) is 15.2. The van der Waals surface area contributed by atoms with Crippen molar-refractivity contribution in [1.29, 1.82) is 0 Å². The van der Waals surface area contributed by atoms with E-state index in [2.05, 4.69) is 13.0 Å². The first-order chi connectivity index (χ1) is 21.5. The molecule has 0 amide bonds. The normalized spacial score (nSPS) is 18.9. The van der Waals surface area contributed by atoms with Gasteiger partial charge in [0.25, 0.3) is 5.60 Å². The van der Waals surface area contributed by atoms with Crippen LogP contribution in [0.3, 0.4) is 0 Å². The van der Waals surface area contributed by atoms with Gasteiger partial charge in [-0.15, -0.1) is 0 Å². The standard InChI is InChI=1S/C37H45F3O6/c1-24(2)21-31(42)33(45-34(43)36(44-7,37(38,39)40)29-16-9-8-10-17-29)26(4)15-11-13-25(3)14-12-19-35(6)20-18-28-23-30(41)22-27(5)32(28)46-35/h8-10,14-17,21-23,33,41H,11-13,18-20H2,1-7H3/b25-14+,26-15+/t33-,35+,36+/m0/s1. The molecular formula is C37H45F3O6. The van der Waals surface area contributed by atoms with Crippen molar-refractivity contribution in [1.82, 2.24) is 0 Å². The van der Waals surface area contributed by atoms with E-state index in [4.69, 9.17) is 14.2 Å². The number of aromatic hydroxyl groups is 1. The van der Waals surface area contributed by atoms with E-state index in [1.807, 2.05) is 13.8 Å². The average Bonchev–Trinajstić information content (AvgIpc) is 2.96. The maximum atomic E-state index is 14.4. The van der Waals surface area contributed by atoms with Crippen molar-refractivity contribution in [3.05, 3.63) is 94.1 Å². The molecule has 1 aliphatic heterocycles. The molecule has 0 bridgehead atoms. The lowest BCUT2D eigenvalue weighted by molar-refractivity contribution is -0.277. The SMILES string of the molecule is CO[C@@](C(=O)O[C@H](C(=O)C=C(C)C)/C(C)=C/CC/C(C)=C/CC[C@]1(C)CCc2cc(O)cc(C)c2O1)(c1ccccc1)C(F)(F)F. The molecule has 0 spiro atoms. The summed E-state index contributed by atoms with van der Waals surface area (Å²) in [6, 6.07) is 9.98. The molecule has 0 fully saturated rings. The summed E-state index contributed by atoms with van der Waals surface area (Å²) in [5.74, 6) is -1.27. The Balaban J connectivity index is 1.71. The first kappa shape index (κ1) is 36.6. The van der Waals surface area contributed by atoms with Gasteiger partial charge in [-0.1, -0.05) is 53.6 Å². The van der Waals surface area contributed by atoms with Gasteiger partial charge < -0.3 is 19.3 Å². The summed E-state index contributed by atoms with van der Waals surface area (Å²) in [4.78, 5) is 26.4. The van der Waals surface area contributed by atoms with Crippen LogP contribution in [0, 0.1) is 6.92 Å². The number of carbonyl (C=O) groups is 2. The van der Waals surface area contributed by atoms with E-state index in [0.29, 0.717) is 24.0 Å². The van der Waals surface area contributed by atoms with E-state index >= 15 is 0 Å². The van der Waals surface area contributed by atoms with Gasteiger partial charge in [-0.05, 0) is 115 Å². The van der Waals surface area contributed by atoms with Crippen molar-refractivity contribution >= 4 is 11.8 Å². The number of fused-ring (bicyclic) bond motifs is 1. The van der Waals surface area contributed by atoms with Gasteiger partial charge >= 0.3 is 12.1 Å². The Morgan fingerprint density at radius 3 is 2.35 bits per heavy atom. The van der Waals surface area contributed by atoms with Crippen LogP contribution < -0.4 is 4.74 Å². The molecule has 0 saturated carbocycles. The maximum absolute atomic E-state index is 14.4. The number of rotatable bonds is 13. The van der Waals surface area contributed by atoms with Gasteiger partial charge in [0.15, 0.2) is 11.9 Å². The van der Waals surface area contributed by atoms with Crippen molar-refractivity contribution in [3.63, 3.8) is 0 Å². The van der Waals surface area contributed by atoms with E-state index in [9.17, 15) is 27.9 Å². The number of carbonyl (C=O) groups excluding carboxylic acids is 2. The number of hydrogen-bond acceptors (Lipinski definition) is 6. The first-order valence-corrected chi connectivity index (χ1v) is 15.4. The number of phenols is 1. The van der Waals surface area contributed by atoms with Crippen LogP contribution in [0.4, 0.5) is 13.2 Å². The van der Waals surface area contributed by atoms with Gasteiger partial charge in [0.1, 0.15) is 17.1 Å². The van der Waals surface area contributed by atoms with Crippen molar-refractivity contribution in [2.45, 2.75) is 104 Å². The minimum atomic E-state index is -5.16. The number of allylic oxidation sites excluding steroid dienone is 4. The molecule has 1 heterocycles. The van der Waals surface area contributed by atoms with Crippen LogP contribution >= 0.6 is 0 Å². The molecule has 250 valence electrons. The lowest BCUT2D eigenvalue weighted by atomic mass is 9.87. The highest BCUT2D eigenvalue weighted by Gasteiger charge is 2.64. The van der Waals surface area contributed by atoms with Gasteiger partial charge in [0, 0.05) is 12.7 Å². The summed E-state index contributed by atoms with van der Waals surface area (Å²) >= 11 is 0. The van der Waals surface area contributed by atoms with Gasteiger partial charge in [0.2, 0.25) is 0 Å². The second-order valence-corrected chi connectivity index (χ2v) is 12.5. The number of ether oxygens (including phenoxy) is 3. The van der Waals surface area contributed by atoms with Crippen LogP contribution in [-0.2, 0) is 31.1 Å². The number of ketones is 1. The minimum Gasteiger partial charge on any atom is -0.508 e. The number of hydrogen-bond donors (Lipinski definition) is 1. The summed E-state index contributed by atoms with van der Waals surface area (Å²) in [6.07, 6.45) is 2.77. The first-order valence-electron chi connectivity index (χ1n) is 15.4. The van der Waals surface area contributed by atoms with Crippen LogP contribution in [0.5, 0.6) is 11.5 Å². The predicted octanol–water partition coefficient (Wildman–Crippen LogP) is 8.79. The second-order valence-electron chi connectivity index (χ2n) is 12.5. The van der Waals surface area contributed by atoms with Gasteiger partial charge in [-0.25, -0.2) is 4.79 Å². The fourth-order valence-corrected chi connectivity index (χ4v) is 5.70. The number of halogens is 3. The highest BCUT2D eigenvalue weighted by molar-refractivity contribution is 5.98. The summed E-state index contributed by atoms with van der Waals surface area (Å²) in [5, 5.41) is 9.90. The molecule has 0 radical (unpaired) electrons. The zero-order valence-corrected chi connectivity index (χ0v) is 27.7. The van der Waals surface area contributed by atoms with E-state index in [1.165, 1.54) is 24.3 Å². The molecule has 2 aromatic carbocycles. The quantitative estimate of drug-likeness (QED) is 0.134. The Morgan fingerprint density at radius 1 is 1.07 bits per heavy atom. The Morgan fingerprint density at radius 2 is 1.74 bits per heavy atom. The number of esters is 1. The molecule has 3 rings (SSSR count). The lowest BCUT2D eigenvalue weighted by Gasteiger charge is -2.36. The molecular weight excluding hydrogens is 597 g/mol. The smallest absolute Gasteiger partial charge is 0.432 e. The number of alkyl halides is 3. The molecule has 0 aliphatic carbocycles. The van der Waals surface area contributed by atoms with Crippen LogP contribution in [0.15, 0.2) is 77.4 Å². The monoisotopic (exact) mass is 642 g/mol. The third kappa shape index (κ3) is 8.69. The third-order valence-corrected chi connectivity index (χ3v) is 8.28. The molecule has 46 heavy (non-hydrogen) atoms. The van der Waals surface area contributed by atoms with Crippen LogP contribution in [0.1, 0.15) is 83.4 Å². The fraction of sp³-hybridized carbons (Fsp3) is 0.459. The lowest BCUT2D eigenvalue weighted by Crippen LogP contribution is -2.53. The van der Waals surface area contributed by atoms with Crippen LogP contribution in [0.2, 0.25) is 0 Å². The zero-order valence-electron chi connectivity index (χ0n) is 27.7. The number of benzene rings is 2. The average molecular weight is 643 g/mol. The summed E-state index contributed by atoms with van der Waals surface area (Å²) < 4.78 is 59.9. The van der Waals surface area contributed by atoms with E-state index in [1.54, 1.807) is 39.0 Å². The molecule has 0 unspecified atom stereocenters. The summed E-state index contributed by atoms with van der Waals surface area (Å²) in [5.41, 5.74) is -0.216. The Kier molecular flexibility index (Phi) is 12.1. The number of aryl methyl sites for hydroxylation is 2. The largest absolute Gasteiger partial charge is 0.508 e. The predicted molar refractivity (Wildman–Crippen MR) is 172 cm³/mol. The fourth-order valence-electron chi connectivity index (χ4n) is 5.70. The van der Waals surface area contributed by atoms with E-state index in [0.717, 1.165) is 67.4 Å². The van der Waals surface area contributed by atoms with E-state index in [-0.39, 0.29) is 11.4 Å². The van der Waals surface area contributed by atoms with Crippen molar-refractivity contribution in [3.8, 4) is 11.5 Å². The van der Waals surface area contributed by atoms with Crippen molar-refractivity contribution < 1.29 is 42.1 Å². The highest BCUT2D eigenvalue weighted by atomic mass is 19.4. The third-order valence-electron chi connectivity index (χ3n) is 8.28. The molecule has 6 nitrogen and oxygen atoms in total. The maximum Gasteiger partial charge on any atom is 0.432 e. The molecule has 1 aliphatic rings. The van der Waals surface area contributed by atoms with Crippen molar-refractivity contribution in [2.24, 2.45) is 0 Å². The Bertz CT molecular complexity index is 1490. The van der Waals surface area contributed by atoms with Gasteiger partial charge in [0.05, 0.1) is 0 Å². The summed E-state index contributed by atoms with van der Waals surface area (Å²) in [7, 11) is 0.791. The molecule has 9 heteroatoms. The molecule has 0 aromatic heterocycles. The van der Waals surface area contributed by atoms with Crippen LogP contribution in [-0.4, -0.2) is 41.9 Å². The number of methoxy groups -OCH3 is 1. The molecule has 1 N–H and O–H groups in total. The van der Waals surface area contributed by atoms with Gasteiger partial charge in [-0.3, -0.25) is 4.79 Å². The Labute approximate surface area is 269 Å².